The van der Waals surface area contributed by atoms with Gasteiger partial charge in [0.2, 0.25) is 0 Å². The maximum atomic E-state index is 11.2. The SMILES string of the molecule is CCOC(=O)CC(=O)CP(C)(C)=O. The molecule has 0 aromatic carbocycles. The Kier molecular flexibility index (Phi) is 4.92. The molecule has 13 heavy (non-hydrogen) atoms. The molecule has 76 valence electrons. The second-order valence-electron chi connectivity index (χ2n) is 3.25. The average molecular weight is 206 g/mol. The number of rotatable bonds is 5. The molecular formula is C8H15O4P. The number of ether oxygens (including phenoxy) is 1. The molecule has 0 rings (SSSR count). The van der Waals surface area contributed by atoms with Gasteiger partial charge >= 0.3 is 5.97 Å². The average Bonchev–Trinajstić information content (AvgIpc) is 1.81. The molecule has 0 aromatic heterocycles. The topological polar surface area (TPSA) is 60.4 Å². The maximum absolute atomic E-state index is 11.2. The number of ketones is 1. The van der Waals surface area contributed by atoms with Crippen molar-refractivity contribution < 1.29 is 18.9 Å². The van der Waals surface area contributed by atoms with Gasteiger partial charge in [0.25, 0.3) is 0 Å². The summed E-state index contributed by atoms with van der Waals surface area (Å²) in [5.74, 6) is -0.854. The Bertz CT molecular complexity index is 241. The van der Waals surface area contributed by atoms with Crippen LogP contribution in [0.2, 0.25) is 0 Å². The first-order chi connectivity index (χ1) is 5.85. The molecule has 0 heterocycles. The fourth-order valence-electron chi connectivity index (χ4n) is 0.854. The zero-order valence-electron chi connectivity index (χ0n) is 8.20. The molecule has 0 spiro atoms. The highest BCUT2D eigenvalue weighted by Gasteiger charge is 2.17. The first-order valence-electron chi connectivity index (χ1n) is 4.06. The van der Waals surface area contributed by atoms with Gasteiger partial charge in [0, 0.05) is 0 Å². The third kappa shape index (κ3) is 7.72. The van der Waals surface area contributed by atoms with Crippen molar-refractivity contribution in [2.75, 3.05) is 26.1 Å². The number of esters is 1. The van der Waals surface area contributed by atoms with Crippen molar-refractivity contribution in [3.8, 4) is 0 Å². The van der Waals surface area contributed by atoms with Gasteiger partial charge in [0.05, 0.1) is 19.9 Å². The van der Waals surface area contributed by atoms with Crippen LogP contribution in [0.1, 0.15) is 13.3 Å². The predicted octanol–water partition coefficient (Wildman–Crippen LogP) is 1.13. The standard InChI is InChI=1S/C8H15O4P/c1-4-12-8(10)5-7(9)6-13(2,3)11/h4-6H2,1-3H3. The predicted molar refractivity (Wildman–Crippen MR) is 50.6 cm³/mol. The lowest BCUT2D eigenvalue weighted by Crippen LogP contribution is -2.13. The Hall–Kier alpha value is -0.630. The van der Waals surface area contributed by atoms with Crippen molar-refractivity contribution in [3.63, 3.8) is 0 Å². The molecule has 0 amide bonds. The highest BCUT2D eigenvalue weighted by atomic mass is 31.2. The van der Waals surface area contributed by atoms with Gasteiger partial charge in [-0.2, -0.15) is 0 Å². The van der Waals surface area contributed by atoms with E-state index in [0.717, 1.165) is 0 Å². The van der Waals surface area contributed by atoms with Crippen molar-refractivity contribution >= 4 is 18.9 Å². The Morgan fingerprint density at radius 1 is 1.31 bits per heavy atom. The third-order valence-electron chi connectivity index (χ3n) is 1.20. The van der Waals surface area contributed by atoms with E-state index in [0.29, 0.717) is 0 Å². The zero-order chi connectivity index (χ0) is 10.5. The van der Waals surface area contributed by atoms with E-state index in [2.05, 4.69) is 4.74 Å². The number of carbonyl (C=O) groups is 2. The molecule has 0 atom stereocenters. The molecule has 0 fully saturated rings. The molecule has 0 saturated heterocycles. The molecule has 0 bridgehead atoms. The summed E-state index contributed by atoms with van der Waals surface area (Å²) in [4.78, 5) is 21.9. The van der Waals surface area contributed by atoms with E-state index >= 15 is 0 Å². The summed E-state index contributed by atoms with van der Waals surface area (Å²) in [6.07, 6.45) is -0.286. The van der Waals surface area contributed by atoms with E-state index in [4.69, 9.17) is 0 Å². The van der Waals surface area contributed by atoms with E-state index < -0.39 is 13.1 Å². The van der Waals surface area contributed by atoms with Crippen molar-refractivity contribution in [2.24, 2.45) is 0 Å². The molecule has 0 saturated carbocycles. The summed E-state index contributed by atoms with van der Waals surface area (Å²) >= 11 is 0. The van der Waals surface area contributed by atoms with Gasteiger partial charge in [0.15, 0.2) is 5.78 Å². The summed E-state index contributed by atoms with van der Waals surface area (Å²) in [6.45, 7) is 4.99. The van der Waals surface area contributed by atoms with E-state index in [9.17, 15) is 14.2 Å². The Balaban J connectivity index is 3.89. The lowest BCUT2D eigenvalue weighted by Gasteiger charge is -2.04. The minimum Gasteiger partial charge on any atom is -0.466 e. The number of hydrogen-bond acceptors (Lipinski definition) is 4. The Labute approximate surface area is 78.0 Å². The van der Waals surface area contributed by atoms with Gasteiger partial charge in [-0.3, -0.25) is 9.59 Å². The molecule has 0 unspecified atom stereocenters. The van der Waals surface area contributed by atoms with Crippen molar-refractivity contribution in [3.05, 3.63) is 0 Å². The summed E-state index contributed by atoms with van der Waals surface area (Å²) in [5.41, 5.74) is 0. The lowest BCUT2D eigenvalue weighted by atomic mass is 10.3. The maximum Gasteiger partial charge on any atom is 0.313 e. The van der Waals surface area contributed by atoms with Gasteiger partial charge in [-0.05, 0) is 20.3 Å². The van der Waals surface area contributed by atoms with Gasteiger partial charge in [-0.25, -0.2) is 0 Å². The lowest BCUT2D eigenvalue weighted by molar-refractivity contribution is -0.145. The smallest absolute Gasteiger partial charge is 0.313 e. The van der Waals surface area contributed by atoms with Crippen LogP contribution < -0.4 is 0 Å². The number of hydrogen-bond donors (Lipinski definition) is 0. The third-order valence-corrected chi connectivity index (χ3v) is 2.32. The van der Waals surface area contributed by atoms with Gasteiger partial charge in [-0.15, -0.1) is 0 Å². The zero-order valence-corrected chi connectivity index (χ0v) is 9.10. The van der Waals surface area contributed by atoms with E-state index in [1.807, 2.05) is 0 Å². The second kappa shape index (κ2) is 5.18. The van der Waals surface area contributed by atoms with Crippen LogP contribution in [-0.4, -0.2) is 37.9 Å². The minimum absolute atomic E-state index is 0.0220. The summed E-state index contributed by atoms with van der Waals surface area (Å²) < 4.78 is 15.8. The Morgan fingerprint density at radius 3 is 2.23 bits per heavy atom. The van der Waals surface area contributed by atoms with Crippen LogP contribution in [0.15, 0.2) is 0 Å². The summed E-state index contributed by atoms with van der Waals surface area (Å²) in [6, 6.07) is 0. The first kappa shape index (κ1) is 12.4. The molecule has 4 nitrogen and oxygen atoms in total. The molecule has 0 aromatic rings. The van der Waals surface area contributed by atoms with Crippen LogP contribution in [0.4, 0.5) is 0 Å². The van der Waals surface area contributed by atoms with Crippen LogP contribution >= 0.6 is 7.14 Å². The Morgan fingerprint density at radius 2 is 1.85 bits per heavy atom. The van der Waals surface area contributed by atoms with Crippen LogP contribution in [0.3, 0.4) is 0 Å². The fourth-order valence-corrected chi connectivity index (χ4v) is 1.81. The second-order valence-corrected chi connectivity index (χ2v) is 6.72. The van der Waals surface area contributed by atoms with Crippen LogP contribution in [0.5, 0.6) is 0 Å². The number of Topliss-reactive ketones (excluding diaryl/α,β-unsaturated/α-hetero) is 1. The van der Waals surface area contributed by atoms with E-state index in [1.54, 1.807) is 6.92 Å². The summed E-state index contributed by atoms with van der Waals surface area (Å²) in [5, 5.41) is 0. The van der Waals surface area contributed by atoms with E-state index in [-0.39, 0.29) is 25.0 Å². The molecular weight excluding hydrogens is 191 g/mol. The van der Waals surface area contributed by atoms with Gasteiger partial charge in [-0.1, -0.05) is 0 Å². The molecule has 0 radical (unpaired) electrons. The molecule has 5 heteroatoms. The quantitative estimate of drug-likeness (QED) is 0.384. The van der Waals surface area contributed by atoms with Crippen LogP contribution in [-0.2, 0) is 18.9 Å². The molecule has 0 N–H and O–H groups in total. The van der Waals surface area contributed by atoms with Crippen molar-refractivity contribution in [2.45, 2.75) is 13.3 Å². The van der Waals surface area contributed by atoms with Gasteiger partial charge < -0.3 is 9.30 Å². The van der Waals surface area contributed by atoms with E-state index in [1.165, 1.54) is 13.3 Å². The fraction of sp³-hybridized carbons (Fsp3) is 0.750. The summed E-state index contributed by atoms with van der Waals surface area (Å²) in [7, 11) is -2.35. The van der Waals surface area contributed by atoms with Crippen LogP contribution in [0.25, 0.3) is 0 Å². The molecule has 0 aliphatic rings. The van der Waals surface area contributed by atoms with Gasteiger partial charge in [0.1, 0.15) is 6.42 Å². The minimum atomic E-state index is -2.35. The van der Waals surface area contributed by atoms with Crippen molar-refractivity contribution in [1.29, 1.82) is 0 Å². The molecule has 0 aliphatic carbocycles. The molecule has 0 aliphatic heterocycles. The highest BCUT2D eigenvalue weighted by Crippen LogP contribution is 2.35. The monoisotopic (exact) mass is 206 g/mol. The first-order valence-corrected chi connectivity index (χ1v) is 6.85. The van der Waals surface area contributed by atoms with Crippen LogP contribution in [0, 0.1) is 0 Å². The highest BCUT2D eigenvalue weighted by molar-refractivity contribution is 7.63. The normalized spacial score (nSPS) is 11.0. The largest absolute Gasteiger partial charge is 0.466 e. The number of carbonyl (C=O) groups excluding carboxylic acids is 2. The van der Waals surface area contributed by atoms with Crippen molar-refractivity contribution in [1.82, 2.24) is 0 Å².